The molecule has 1 rings (SSSR count). The summed E-state index contributed by atoms with van der Waals surface area (Å²) in [5.74, 6) is 0.188. The summed E-state index contributed by atoms with van der Waals surface area (Å²) >= 11 is 0. The summed E-state index contributed by atoms with van der Waals surface area (Å²) in [5, 5.41) is -0.421. The van der Waals surface area contributed by atoms with Crippen molar-refractivity contribution in [1.29, 1.82) is 0 Å². The Kier molecular flexibility index (Phi) is 4.26. The lowest BCUT2D eigenvalue weighted by atomic mass is 9.85. The maximum absolute atomic E-state index is 11.7. The molecule has 1 aliphatic rings. The van der Waals surface area contributed by atoms with Crippen LogP contribution < -0.4 is 5.73 Å². The van der Waals surface area contributed by atoms with E-state index in [-0.39, 0.29) is 23.8 Å². The Morgan fingerprint density at radius 1 is 1.35 bits per heavy atom. The summed E-state index contributed by atoms with van der Waals surface area (Å²) in [6.45, 7) is 3.51. The lowest BCUT2D eigenvalue weighted by Gasteiger charge is -2.25. The predicted octanol–water partition coefficient (Wildman–Crippen LogP) is -0.0367. The van der Waals surface area contributed by atoms with E-state index in [1.54, 1.807) is 13.8 Å². The molecule has 1 saturated heterocycles. The van der Waals surface area contributed by atoms with Gasteiger partial charge in [-0.1, -0.05) is 0 Å². The quantitative estimate of drug-likeness (QED) is 0.764. The molecule has 0 aromatic carbocycles. The zero-order chi connectivity index (χ0) is 13.3. The number of rotatable bonds is 5. The molecule has 102 valence electrons. The lowest BCUT2D eigenvalue weighted by molar-refractivity contribution is 0.334. The van der Waals surface area contributed by atoms with Gasteiger partial charge in [-0.05, 0) is 38.6 Å². The maximum Gasteiger partial charge on any atom is 0.152 e. The molecule has 2 N–H and O–H groups in total. The van der Waals surface area contributed by atoms with Gasteiger partial charge in [0.05, 0.1) is 22.5 Å². The Morgan fingerprint density at radius 3 is 2.29 bits per heavy atom. The van der Waals surface area contributed by atoms with Crippen LogP contribution in [0.3, 0.4) is 0 Å². The van der Waals surface area contributed by atoms with Gasteiger partial charge in [0.1, 0.15) is 0 Å². The van der Waals surface area contributed by atoms with Crippen LogP contribution >= 0.6 is 0 Å². The summed E-state index contributed by atoms with van der Waals surface area (Å²) in [4.78, 5) is 0. The van der Waals surface area contributed by atoms with Gasteiger partial charge in [-0.15, -0.1) is 0 Å². The molecule has 0 aromatic heterocycles. The highest BCUT2D eigenvalue weighted by Gasteiger charge is 2.41. The highest BCUT2D eigenvalue weighted by atomic mass is 32.2. The highest BCUT2D eigenvalue weighted by Crippen LogP contribution is 2.35. The monoisotopic (exact) mass is 283 g/mol. The van der Waals surface area contributed by atoms with E-state index in [0.717, 1.165) is 0 Å². The molecule has 0 saturated carbocycles. The van der Waals surface area contributed by atoms with Gasteiger partial charge >= 0.3 is 0 Å². The van der Waals surface area contributed by atoms with E-state index in [1.165, 1.54) is 0 Å². The van der Waals surface area contributed by atoms with E-state index in [0.29, 0.717) is 12.8 Å². The molecular formula is C10H21NO4S2. The molecule has 5 nitrogen and oxygen atoms in total. The van der Waals surface area contributed by atoms with Crippen molar-refractivity contribution in [2.24, 2.45) is 11.1 Å². The van der Waals surface area contributed by atoms with Crippen LogP contribution in [0.1, 0.15) is 26.7 Å². The summed E-state index contributed by atoms with van der Waals surface area (Å²) < 4.78 is 46.3. The largest absolute Gasteiger partial charge is 0.330 e. The Morgan fingerprint density at radius 2 is 1.94 bits per heavy atom. The second kappa shape index (κ2) is 4.85. The molecule has 0 spiro atoms. The first-order valence-electron chi connectivity index (χ1n) is 5.75. The Balaban J connectivity index is 2.74. The van der Waals surface area contributed by atoms with Crippen LogP contribution in [-0.2, 0) is 19.7 Å². The molecule has 0 aromatic rings. The molecule has 17 heavy (non-hydrogen) atoms. The maximum atomic E-state index is 11.7. The molecule has 0 aliphatic carbocycles. The van der Waals surface area contributed by atoms with Crippen LogP contribution in [0.5, 0.6) is 0 Å². The summed E-state index contributed by atoms with van der Waals surface area (Å²) in [6.07, 6.45) is 0.836. The SMILES string of the molecule is CC(C)S(=O)(=O)CCC1(CN)CCS(=O)(=O)C1. The third-order valence-electron chi connectivity index (χ3n) is 3.54. The molecule has 0 bridgehead atoms. The Bertz CT molecular complexity index is 467. The fraction of sp³-hybridized carbons (Fsp3) is 1.00. The van der Waals surface area contributed by atoms with Crippen molar-refractivity contribution in [3.8, 4) is 0 Å². The van der Waals surface area contributed by atoms with Crippen LogP contribution in [0.2, 0.25) is 0 Å². The average molecular weight is 283 g/mol. The van der Waals surface area contributed by atoms with Crippen LogP contribution in [0.4, 0.5) is 0 Å². The van der Waals surface area contributed by atoms with Crippen LogP contribution in [-0.4, -0.2) is 45.9 Å². The van der Waals surface area contributed by atoms with Gasteiger partial charge in [-0.2, -0.15) is 0 Å². The molecule has 1 unspecified atom stereocenters. The van der Waals surface area contributed by atoms with E-state index >= 15 is 0 Å². The zero-order valence-electron chi connectivity index (χ0n) is 10.3. The molecular weight excluding hydrogens is 262 g/mol. The molecule has 1 atom stereocenters. The number of hydrogen-bond acceptors (Lipinski definition) is 5. The highest BCUT2D eigenvalue weighted by molar-refractivity contribution is 7.92. The number of nitrogens with two attached hydrogens (primary N) is 1. The van der Waals surface area contributed by atoms with Crippen molar-refractivity contribution >= 4 is 19.7 Å². The van der Waals surface area contributed by atoms with Gasteiger partial charge in [-0.25, -0.2) is 16.8 Å². The van der Waals surface area contributed by atoms with Crippen molar-refractivity contribution in [2.45, 2.75) is 31.9 Å². The summed E-state index contributed by atoms with van der Waals surface area (Å²) in [7, 11) is -6.15. The van der Waals surface area contributed by atoms with Gasteiger partial charge in [0.25, 0.3) is 0 Å². The van der Waals surface area contributed by atoms with Gasteiger partial charge in [-0.3, -0.25) is 0 Å². The third-order valence-corrected chi connectivity index (χ3v) is 7.63. The Hall–Kier alpha value is -0.140. The predicted molar refractivity (Wildman–Crippen MR) is 68.3 cm³/mol. The van der Waals surface area contributed by atoms with Crippen LogP contribution in [0, 0.1) is 5.41 Å². The van der Waals surface area contributed by atoms with Gasteiger partial charge < -0.3 is 5.73 Å². The third kappa shape index (κ3) is 3.66. The molecule has 1 heterocycles. The first-order chi connectivity index (χ1) is 7.63. The van der Waals surface area contributed by atoms with Gasteiger partial charge in [0.2, 0.25) is 0 Å². The zero-order valence-corrected chi connectivity index (χ0v) is 12.0. The molecule has 0 amide bonds. The van der Waals surface area contributed by atoms with Crippen molar-refractivity contribution < 1.29 is 16.8 Å². The molecule has 1 fully saturated rings. The van der Waals surface area contributed by atoms with E-state index < -0.39 is 30.3 Å². The van der Waals surface area contributed by atoms with Crippen molar-refractivity contribution in [2.75, 3.05) is 23.8 Å². The second-order valence-electron chi connectivity index (χ2n) is 5.21. The minimum atomic E-state index is -3.12. The first kappa shape index (κ1) is 14.9. The van der Waals surface area contributed by atoms with Crippen molar-refractivity contribution in [1.82, 2.24) is 0 Å². The standard InChI is InChI=1S/C10H21NO4S2/c1-9(2)17(14,15)6-4-10(7-11)3-5-16(12,13)8-10/h9H,3-8,11H2,1-2H3. The fourth-order valence-corrected chi connectivity index (χ4v) is 5.45. The second-order valence-corrected chi connectivity index (χ2v) is 10.1. The number of hydrogen-bond donors (Lipinski definition) is 1. The Labute approximate surface area is 104 Å². The van der Waals surface area contributed by atoms with Crippen LogP contribution in [0.25, 0.3) is 0 Å². The van der Waals surface area contributed by atoms with Crippen molar-refractivity contribution in [3.63, 3.8) is 0 Å². The average Bonchev–Trinajstić information content (AvgIpc) is 2.52. The lowest BCUT2D eigenvalue weighted by Crippen LogP contribution is -2.34. The topological polar surface area (TPSA) is 94.3 Å². The van der Waals surface area contributed by atoms with Gasteiger partial charge in [0, 0.05) is 0 Å². The van der Waals surface area contributed by atoms with Crippen molar-refractivity contribution in [3.05, 3.63) is 0 Å². The van der Waals surface area contributed by atoms with E-state index in [9.17, 15) is 16.8 Å². The van der Waals surface area contributed by atoms with Crippen LogP contribution in [0.15, 0.2) is 0 Å². The summed E-state index contributed by atoms with van der Waals surface area (Å²) in [6, 6.07) is 0. The molecule has 1 aliphatic heterocycles. The van der Waals surface area contributed by atoms with E-state index in [4.69, 9.17) is 5.73 Å². The summed E-state index contributed by atoms with van der Waals surface area (Å²) in [5.41, 5.74) is 5.11. The van der Waals surface area contributed by atoms with Gasteiger partial charge in [0.15, 0.2) is 19.7 Å². The smallest absolute Gasteiger partial charge is 0.152 e. The first-order valence-corrected chi connectivity index (χ1v) is 9.28. The minimum absolute atomic E-state index is 0.0252. The fourth-order valence-electron chi connectivity index (χ4n) is 2.04. The normalized spacial score (nSPS) is 28.7. The molecule has 0 radical (unpaired) electrons. The minimum Gasteiger partial charge on any atom is -0.330 e. The number of sulfone groups is 2. The molecule has 7 heteroatoms. The van der Waals surface area contributed by atoms with E-state index in [2.05, 4.69) is 0 Å². The van der Waals surface area contributed by atoms with E-state index in [1.807, 2.05) is 0 Å².